The smallest absolute Gasteiger partial charge is 0.308 e. The number of esters is 1. The minimum Gasteiger partial charge on any atom is -0.426 e. The molecule has 2 aromatic rings. The highest BCUT2D eigenvalue weighted by Gasteiger charge is 2.26. The molecule has 0 aliphatic heterocycles. The molecule has 3 nitrogen and oxygen atoms in total. The highest BCUT2D eigenvalue weighted by Crippen LogP contribution is 2.32. The zero-order valence-corrected chi connectivity index (χ0v) is 16.0. The lowest BCUT2D eigenvalue weighted by Crippen LogP contribution is -2.41. The fourth-order valence-electron chi connectivity index (χ4n) is 3.79. The second-order valence-corrected chi connectivity index (χ2v) is 7.78. The summed E-state index contributed by atoms with van der Waals surface area (Å²) in [6, 6.07) is 11.1. The summed E-state index contributed by atoms with van der Waals surface area (Å²) in [4.78, 5) is 15.4. The first-order chi connectivity index (χ1) is 12.2. The average molecular weight is 358 g/mol. The predicted octanol–water partition coefficient (Wildman–Crippen LogP) is 4.49. The Morgan fingerprint density at radius 3 is 2.88 bits per heavy atom. The van der Waals surface area contributed by atoms with Crippen molar-refractivity contribution >= 4 is 17.3 Å². The van der Waals surface area contributed by atoms with Crippen LogP contribution in [0, 0.1) is 0 Å². The summed E-state index contributed by atoms with van der Waals surface area (Å²) >= 11 is 1.85. The van der Waals surface area contributed by atoms with Gasteiger partial charge < -0.3 is 4.74 Å². The van der Waals surface area contributed by atoms with Crippen LogP contribution in [0.4, 0.5) is 0 Å². The van der Waals surface area contributed by atoms with Gasteiger partial charge in [0.2, 0.25) is 0 Å². The number of hydrogen-bond acceptors (Lipinski definition) is 4. The zero-order chi connectivity index (χ0) is 17.6. The third kappa shape index (κ3) is 4.71. The number of rotatable bonds is 7. The Hall–Kier alpha value is -1.65. The van der Waals surface area contributed by atoms with Gasteiger partial charge in [0.1, 0.15) is 5.75 Å². The lowest BCUT2D eigenvalue weighted by atomic mass is 9.86. The SMILES string of the molecule is CCCN(CCc1cccs1)[C@H]1CCc2c(cccc2OC(C)=O)C1. The summed E-state index contributed by atoms with van der Waals surface area (Å²) in [5.41, 5.74) is 2.57. The number of nitrogens with zero attached hydrogens (tertiary/aromatic N) is 1. The third-order valence-electron chi connectivity index (χ3n) is 4.92. The van der Waals surface area contributed by atoms with Crippen LogP contribution < -0.4 is 4.74 Å². The second-order valence-electron chi connectivity index (χ2n) is 6.75. The first-order valence-electron chi connectivity index (χ1n) is 9.23. The molecule has 0 saturated heterocycles. The minimum atomic E-state index is -0.237. The van der Waals surface area contributed by atoms with Crippen molar-refractivity contribution in [2.75, 3.05) is 13.1 Å². The molecule has 0 spiro atoms. The zero-order valence-electron chi connectivity index (χ0n) is 15.2. The van der Waals surface area contributed by atoms with E-state index in [9.17, 15) is 4.79 Å². The Bertz CT molecular complexity index is 696. The van der Waals surface area contributed by atoms with Crippen LogP contribution in [0.2, 0.25) is 0 Å². The summed E-state index contributed by atoms with van der Waals surface area (Å²) in [6.07, 6.45) is 5.49. The van der Waals surface area contributed by atoms with Crippen molar-refractivity contribution in [2.24, 2.45) is 0 Å². The van der Waals surface area contributed by atoms with Crippen LogP contribution in [0.3, 0.4) is 0 Å². The van der Waals surface area contributed by atoms with Gasteiger partial charge in [-0.15, -0.1) is 11.3 Å². The largest absolute Gasteiger partial charge is 0.426 e. The molecule has 0 unspecified atom stereocenters. The monoisotopic (exact) mass is 357 g/mol. The van der Waals surface area contributed by atoms with Gasteiger partial charge in [-0.3, -0.25) is 9.69 Å². The molecule has 1 heterocycles. The molecular weight excluding hydrogens is 330 g/mol. The molecule has 0 bridgehead atoms. The average Bonchev–Trinajstić information content (AvgIpc) is 3.11. The van der Waals surface area contributed by atoms with Gasteiger partial charge in [0.05, 0.1) is 0 Å². The van der Waals surface area contributed by atoms with Crippen LogP contribution in [0.1, 0.15) is 42.7 Å². The number of ether oxygens (including phenoxy) is 1. The molecule has 0 N–H and O–H groups in total. The molecule has 1 aliphatic carbocycles. The molecule has 1 atom stereocenters. The molecule has 0 amide bonds. The van der Waals surface area contributed by atoms with E-state index in [2.05, 4.69) is 35.4 Å². The molecule has 3 rings (SSSR count). The van der Waals surface area contributed by atoms with Gasteiger partial charge in [-0.1, -0.05) is 25.1 Å². The van der Waals surface area contributed by atoms with Crippen molar-refractivity contribution < 1.29 is 9.53 Å². The van der Waals surface area contributed by atoms with E-state index in [0.29, 0.717) is 6.04 Å². The Balaban J connectivity index is 1.69. The number of hydrogen-bond donors (Lipinski definition) is 0. The molecule has 0 saturated carbocycles. The van der Waals surface area contributed by atoms with E-state index < -0.39 is 0 Å². The van der Waals surface area contributed by atoms with Crippen molar-refractivity contribution in [1.82, 2.24) is 4.90 Å². The van der Waals surface area contributed by atoms with Crippen molar-refractivity contribution in [1.29, 1.82) is 0 Å². The van der Waals surface area contributed by atoms with E-state index >= 15 is 0 Å². The Morgan fingerprint density at radius 2 is 2.16 bits per heavy atom. The van der Waals surface area contributed by atoms with E-state index in [0.717, 1.165) is 44.5 Å². The second kappa shape index (κ2) is 8.63. The van der Waals surface area contributed by atoms with Gasteiger partial charge in [0, 0.05) is 24.4 Å². The van der Waals surface area contributed by atoms with Crippen LogP contribution in [0.25, 0.3) is 0 Å². The molecule has 134 valence electrons. The van der Waals surface area contributed by atoms with Gasteiger partial charge in [-0.25, -0.2) is 0 Å². The van der Waals surface area contributed by atoms with Gasteiger partial charge >= 0.3 is 5.97 Å². The van der Waals surface area contributed by atoms with Gasteiger partial charge in [0.15, 0.2) is 0 Å². The quantitative estimate of drug-likeness (QED) is 0.540. The van der Waals surface area contributed by atoms with Crippen LogP contribution in [0.15, 0.2) is 35.7 Å². The topological polar surface area (TPSA) is 29.5 Å². The van der Waals surface area contributed by atoms with Crippen LogP contribution in [-0.4, -0.2) is 30.0 Å². The first kappa shape index (κ1) is 18.2. The summed E-state index contributed by atoms with van der Waals surface area (Å²) in [5, 5.41) is 2.16. The van der Waals surface area contributed by atoms with Crippen LogP contribution in [0.5, 0.6) is 5.75 Å². The number of carbonyl (C=O) groups is 1. The van der Waals surface area contributed by atoms with Crippen LogP contribution >= 0.6 is 11.3 Å². The molecule has 0 fully saturated rings. The first-order valence-corrected chi connectivity index (χ1v) is 10.1. The summed E-state index contributed by atoms with van der Waals surface area (Å²) in [6.45, 7) is 6.00. The standard InChI is InChI=1S/C21H27NO2S/c1-3-12-22(13-11-19-7-5-14-25-19)18-9-10-20-17(15-18)6-4-8-21(20)24-16(2)23/h4-8,14,18H,3,9-13,15H2,1-2H3/t18-/m0/s1. The summed E-state index contributed by atoms with van der Waals surface area (Å²) in [5.74, 6) is 0.517. The van der Waals surface area contributed by atoms with Crippen molar-refractivity contribution in [3.05, 3.63) is 51.7 Å². The molecule has 25 heavy (non-hydrogen) atoms. The number of fused-ring (bicyclic) bond motifs is 1. The molecule has 1 aliphatic rings. The number of benzene rings is 1. The summed E-state index contributed by atoms with van der Waals surface area (Å²) < 4.78 is 5.40. The Labute approximate surface area is 154 Å². The van der Waals surface area contributed by atoms with Gasteiger partial charge in [-0.2, -0.15) is 0 Å². The lowest BCUT2D eigenvalue weighted by molar-refractivity contribution is -0.131. The van der Waals surface area contributed by atoms with Gasteiger partial charge in [-0.05, 0) is 67.3 Å². The predicted molar refractivity (Wildman–Crippen MR) is 103 cm³/mol. The van der Waals surface area contributed by atoms with Crippen molar-refractivity contribution in [2.45, 2.75) is 52.0 Å². The Morgan fingerprint density at radius 1 is 1.28 bits per heavy atom. The van der Waals surface area contributed by atoms with Gasteiger partial charge in [0.25, 0.3) is 0 Å². The molecular formula is C21H27NO2S. The molecule has 4 heteroatoms. The minimum absolute atomic E-state index is 0.237. The maximum Gasteiger partial charge on any atom is 0.308 e. The Kier molecular flexibility index (Phi) is 6.27. The number of carbonyl (C=O) groups excluding carboxylic acids is 1. The van der Waals surface area contributed by atoms with Crippen molar-refractivity contribution in [3.63, 3.8) is 0 Å². The van der Waals surface area contributed by atoms with Crippen molar-refractivity contribution in [3.8, 4) is 5.75 Å². The lowest BCUT2D eigenvalue weighted by Gasteiger charge is -2.35. The fourth-order valence-corrected chi connectivity index (χ4v) is 4.49. The van der Waals surface area contributed by atoms with E-state index in [1.807, 2.05) is 23.5 Å². The molecule has 1 aromatic heterocycles. The van der Waals surface area contributed by atoms with E-state index in [4.69, 9.17) is 4.74 Å². The maximum absolute atomic E-state index is 11.3. The maximum atomic E-state index is 11.3. The number of thiophene rings is 1. The highest BCUT2D eigenvalue weighted by molar-refractivity contribution is 7.09. The van der Waals surface area contributed by atoms with E-state index in [1.165, 1.54) is 29.3 Å². The van der Waals surface area contributed by atoms with E-state index in [1.54, 1.807) is 0 Å². The third-order valence-corrected chi connectivity index (χ3v) is 5.86. The molecule has 1 aromatic carbocycles. The summed E-state index contributed by atoms with van der Waals surface area (Å²) in [7, 11) is 0. The normalized spacial score (nSPS) is 16.7. The highest BCUT2D eigenvalue weighted by atomic mass is 32.1. The molecule has 0 radical (unpaired) electrons. The van der Waals surface area contributed by atoms with Crippen LogP contribution in [-0.2, 0) is 24.1 Å². The van der Waals surface area contributed by atoms with E-state index in [-0.39, 0.29) is 5.97 Å². The fraction of sp³-hybridized carbons (Fsp3) is 0.476.